The Morgan fingerprint density at radius 2 is 1.60 bits per heavy atom. The fourth-order valence-electron chi connectivity index (χ4n) is 2.01. The Morgan fingerprint density at radius 1 is 0.880 bits per heavy atom. The standard InChI is InChI=1S/C17H11F3N4O/c18-10-1-4-12(5-2-10)23-17(25)15-8-16(22-9-21-15)24-14-6-3-11(19)7-13(14)20/h1-9H,(H,23,25)(H,21,22,24). The van der Waals surface area contributed by atoms with Crippen molar-refractivity contribution < 1.29 is 18.0 Å². The minimum Gasteiger partial charge on any atom is -0.338 e. The summed E-state index contributed by atoms with van der Waals surface area (Å²) in [6.45, 7) is 0. The van der Waals surface area contributed by atoms with Crippen LogP contribution in [0.25, 0.3) is 0 Å². The van der Waals surface area contributed by atoms with E-state index in [0.717, 1.165) is 18.5 Å². The second kappa shape index (κ2) is 7.00. The van der Waals surface area contributed by atoms with Crippen LogP contribution in [0.5, 0.6) is 0 Å². The van der Waals surface area contributed by atoms with Crippen LogP contribution in [0.2, 0.25) is 0 Å². The molecule has 2 aromatic carbocycles. The first kappa shape index (κ1) is 16.4. The van der Waals surface area contributed by atoms with E-state index in [4.69, 9.17) is 0 Å². The number of aromatic nitrogens is 2. The van der Waals surface area contributed by atoms with Gasteiger partial charge in [0.1, 0.15) is 35.3 Å². The zero-order valence-corrected chi connectivity index (χ0v) is 12.6. The van der Waals surface area contributed by atoms with Crippen LogP contribution in [0.1, 0.15) is 10.5 Å². The predicted molar refractivity (Wildman–Crippen MR) is 86.0 cm³/mol. The molecule has 5 nitrogen and oxygen atoms in total. The van der Waals surface area contributed by atoms with E-state index in [1.807, 2.05) is 0 Å². The Bertz CT molecular complexity index is 916. The lowest BCUT2D eigenvalue weighted by Gasteiger charge is -2.08. The molecule has 0 aliphatic heterocycles. The van der Waals surface area contributed by atoms with Gasteiger partial charge in [-0.25, -0.2) is 23.1 Å². The molecule has 0 aliphatic carbocycles. The maximum atomic E-state index is 13.7. The average molecular weight is 344 g/mol. The van der Waals surface area contributed by atoms with Crippen LogP contribution in [0.15, 0.2) is 54.9 Å². The van der Waals surface area contributed by atoms with E-state index in [1.165, 1.54) is 36.4 Å². The van der Waals surface area contributed by atoms with Gasteiger partial charge in [0.15, 0.2) is 0 Å². The summed E-state index contributed by atoms with van der Waals surface area (Å²) in [5, 5.41) is 5.19. The van der Waals surface area contributed by atoms with Crippen LogP contribution in [0, 0.1) is 17.5 Å². The summed E-state index contributed by atoms with van der Waals surface area (Å²) in [5.74, 6) is -2.31. The van der Waals surface area contributed by atoms with Crippen LogP contribution < -0.4 is 10.6 Å². The van der Waals surface area contributed by atoms with Gasteiger partial charge in [0.05, 0.1) is 5.69 Å². The smallest absolute Gasteiger partial charge is 0.274 e. The number of anilines is 3. The zero-order valence-electron chi connectivity index (χ0n) is 12.6. The first-order chi connectivity index (χ1) is 12.0. The lowest BCUT2D eigenvalue weighted by atomic mass is 10.2. The molecule has 0 spiro atoms. The second-order valence-electron chi connectivity index (χ2n) is 5.00. The molecule has 0 radical (unpaired) electrons. The number of benzene rings is 2. The highest BCUT2D eigenvalue weighted by Gasteiger charge is 2.11. The molecule has 126 valence electrons. The van der Waals surface area contributed by atoms with Crippen LogP contribution >= 0.6 is 0 Å². The highest BCUT2D eigenvalue weighted by molar-refractivity contribution is 6.03. The monoisotopic (exact) mass is 344 g/mol. The Kier molecular flexibility index (Phi) is 4.60. The first-order valence-electron chi connectivity index (χ1n) is 7.12. The van der Waals surface area contributed by atoms with Gasteiger partial charge in [-0.3, -0.25) is 4.79 Å². The summed E-state index contributed by atoms with van der Waals surface area (Å²) in [6, 6.07) is 9.57. The molecule has 0 aliphatic rings. The van der Waals surface area contributed by atoms with Crippen molar-refractivity contribution in [2.45, 2.75) is 0 Å². The third-order valence-electron chi connectivity index (χ3n) is 3.20. The molecule has 2 N–H and O–H groups in total. The summed E-state index contributed by atoms with van der Waals surface area (Å²) in [4.78, 5) is 19.9. The number of halogens is 3. The van der Waals surface area contributed by atoms with E-state index in [1.54, 1.807) is 0 Å². The molecule has 0 bridgehead atoms. The van der Waals surface area contributed by atoms with Crippen molar-refractivity contribution in [3.05, 3.63) is 78.0 Å². The van der Waals surface area contributed by atoms with E-state index >= 15 is 0 Å². The number of hydrogen-bond donors (Lipinski definition) is 2. The Morgan fingerprint density at radius 3 is 2.32 bits per heavy atom. The largest absolute Gasteiger partial charge is 0.338 e. The fourth-order valence-corrected chi connectivity index (χ4v) is 2.01. The van der Waals surface area contributed by atoms with Gasteiger partial charge in [0.25, 0.3) is 5.91 Å². The van der Waals surface area contributed by atoms with Crippen LogP contribution in [0.3, 0.4) is 0 Å². The van der Waals surface area contributed by atoms with Crippen molar-refractivity contribution in [3.63, 3.8) is 0 Å². The number of nitrogens with one attached hydrogen (secondary N) is 2. The summed E-state index contributed by atoms with van der Waals surface area (Å²) in [6.07, 6.45) is 1.13. The van der Waals surface area contributed by atoms with Gasteiger partial charge in [-0.2, -0.15) is 0 Å². The molecule has 3 rings (SSSR count). The maximum Gasteiger partial charge on any atom is 0.274 e. The lowest BCUT2D eigenvalue weighted by Crippen LogP contribution is -2.14. The minimum atomic E-state index is -0.795. The molecule has 0 saturated heterocycles. The van der Waals surface area contributed by atoms with Crippen molar-refractivity contribution in [2.24, 2.45) is 0 Å². The molecule has 1 heterocycles. The first-order valence-corrected chi connectivity index (χ1v) is 7.12. The number of hydrogen-bond acceptors (Lipinski definition) is 4. The van der Waals surface area contributed by atoms with Gasteiger partial charge >= 0.3 is 0 Å². The average Bonchev–Trinajstić information content (AvgIpc) is 2.60. The van der Waals surface area contributed by atoms with Gasteiger partial charge in [0, 0.05) is 17.8 Å². The van der Waals surface area contributed by atoms with Gasteiger partial charge in [0.2, 0.25) is 0 Å². The second-order valence-corrected chi connectivity index (χ2v) is 5.00. The molecular formula is C17H11F3N4O. The molecule has 8 heteroatoms. The molecule has 0 unspecified atom stereocenters. The van der Waals surface area contributed by atoms with E-state index in [9.17, 15) is 18.0 Å². The summed E-state index contributed by atoms with van der Waals surface area (Å²) in [7, 11) is 0. The van der Waals surface area contributed by atoms with Crippen molar-refractivity contribution >= 4 is 23.1 Å². The third-order valence-corrected chi connectivity index (χ3v) is 3.20. The summed E-state index contributed by atoms with van der Waals surface area (Å²) < 4.78 is 39.4. The van der Waals surface area contributed by atoms with E-state index < -0.39 is 23.4 Å². The van der Waals surface area contributed by atoms with E-state index in [-0.39, 0.29) is 17.2 Å². The van der Waals surface area contributed by atoms with Crippen LogP contribution in [-0.2, 0) is 0 Å². The van der Waals surface area contributed by atoms with Crippen molar-refractivity contribution in [3.8, 4) is 0 Å². The van der Waals surface area contributed by atoms with E-state index in [2.05, 4.69) is 20.6 Å². The van der Waals surface area contributed by atoms with Gasteiger partial charge in [-0.1, -0.05) is 0 Å². The van der Waals surface area contributed by atoms with Gasteiger partial charge in [-0.05, 0) is 36.4 Å². The normalized spacial score (nSPS) is 10.4. The molecule has 0 atom stereocenters. The van der Waals surface area contributed by atoms with Crippen molar-refractivity contribution in [1.29, 1.82) is 0 Å². The minimum absolute atomic E-state index is 0.00462. The number of nitrogens with zero attached hydrogens (tertiary/aromatic N) is 2. The van der Waals surface area contributed by atoms with Gasteiger partial charge < -0.3 is 10.6 Å². The highest BCUT2D eigenvalue weighted by atomic mass is 19.1. The number of carbonyl (C=O) groups is 1. The Balaban J connectivity index is 1.76. The van der Waals surface area contributed by atoms with Crippen molar-refractivity contribution in [1.82, 2.24) is 9.97 Å². The molecule has 0 saturated carbocycles. The molecule has 25 heavy (non-hydrogen) atoms. The molecule has 3 aromatic rings. The summed E-state index contributed by atoms with van der Waals surface area (Å²) >= 11 is 0. The molecule has 0 fully saturated rings. The van der Waals surface area contributed by atoms with Crippen LogP contribution in [-0.4, -0.2) is 15.9 Å². The molecular weight excluding hydrogens is 333 g/mol. The zero-order chi connectivity index (χ0) is 17.8. The maximum absolute atomic E-state index is 13.7. The van der Waals surface area contributed by atoms with Crippen molar-refractivity contribution in [2.75, 3.05) is 10.6 Å². The van der Waals surface area contributed by atoms with Crippen LogP contribution in [0.4, 0.5) is 30.4 Å². The fraction of sp³-hybridized carbons (Fsp3) is 0. The summed E-state index contributed by atoms with van der Waals surface area (Å²) in [5.41, 5.74) is 0.415. The van der Waals surface area contributed by atoms with E-state index in [0.29, 0.717) is 5.69 Å². The molecule has 1 aromatic heterocycles. The quantitative estimate of drug-likeness (QED) is 0.753. The lowest BCUT2D eigenvalue weighted by molar-refractivity contribution is 0.102. The Hall–Kier alpha value is -3.42. The predicted octanol–water partition coefficient (Wildman–Crippen LogP) is 3.89. The van der Waals surface area contributed by atoms with Gasteiger partial charge in [-0.15, -0.1) is 0 Å². The number of carbonyl (C=O) groups excluding carboxylic acids is 1. The molecule has 1 amide bonds. The topological polar surface area (TPSA) is 66.9 Å². The Labute approximate surface area is 140 Å². The number of rotatable bonds is 4. The number of amides is 1. The highest BCUT2D eigenvalue weighted by Crippen LogP contribution is 2.19. The third kappa shape index (κ3) is 4.11. The SMILES string of the molecule is O=C(Nc1ccc(F)cc1)c1cc(Nc2ccc(F)cc2F)ncn1.